The highest BCUT2D eigenvalue weighted by atomic mass is 16.2. The Morgan fingerprint density at radius 1 is 1.00 bits per heavy atom. The van der Waals surface area contributed by atoms with Crippen LogP contribution in [0.1, 0.15) is 28.4 Å². The molecule has 0 fully saturated rings. The normalized spacial score (nSPS) is 11.0. The summed E-state index contributed by atoms with van der Waals surface area (Å²) in [5.41, 5.74) is 3.69. The van der Waals surface area contributed by atoms with Crippen LogP contribution in [0, 0.1) is 0 Å². The van der Waals surface area contributed by atoms with Crippen LogP contribution in [-0.2, 0) is 17.6 Å². The molecule has 0 bridgehead atoms. The lowest BCUT2D eigenvalue weighted by molar-refractivity contribution is -0.115. The van der Waals surface area contributed by atoms with Crippen molar-refractivity contribution in [3.8, 4) is 0 Å². The number of guanidine groups is 1. The fourth-order valence-electron chi connectivity index (χ4n) is 2.90. The highest BCUT2D eigenvalue weighted by molar-refractivity contribution is 5.95. The van der Waals surface area contributed by atoms with Gasteiger partial charge in [-0.3, -0.25) is 14.6 Å². The smallest absolute Gasteiger partial charge is 0.253 e. The predicted molar refractivity (Wildman–Crippen MR) is 122 cm³/mol. The highest BCUT2D eigenvalue weighted by Gasteiger charge is 2.08. The van der Waals surface area contributed by atoms with Gasteiger partial charge in [-0.1, -0.05) is 31.2 Å². The maximum absolute atomic E-state index is 12.2. The number of aryl methyl sites for hydroxylation is 1. The second-order valence-corrected chi connectivity index (χ2v) is 7.10. The minimum Gasteiger partial charge on any atom is -0.356 e. The van der Waals surface area contributed by atoms with Gasteiger partial charge in [0.1, 0.15) is 0 Å². The first-order valence-corrected chi connectivity index (χ1v) is 10.1. The lowest BCUT2D eigenvalue weighted by Gasteiger charge is -2.13. The van der Waals surface area contributed by atoms with Gasteiger partial charge in [-0.05, 0) is 48.2 Å². The summed E-state index contributed by atoms with van der Waals surface area (Å²) in [5, 5.41) is 9.09. The van der Waals surface area contributed by atoms with Crippen LogP contribution in [0.15, 0.2) is 53.5 Å². The Bertz CT molecular complexity index is 893. The van der Waals surface area contributed by atoms with Crippen LogP contribution in [0.3, 0.4) is 0 Å². The average molecular weight is 410 g/mol. The molecule has 0 atom stereocenters. The zero-order valence-corrected chi connectivity index (χ0v) is 18.2. The average Bonchev–Trinajstić information content (AvgIpc) is 2.75. The quantitative estimate of drug-likeness (QED) is 0.461. The summed E-state index contributed by atoms with van der Waals surface area (Å²) in [6.07, 6.45) is 1.65. The fraction of sp³-hybridized carbons (Fsp3) is 0.348. The van der Waals surface area contributed by atoms with Crippen molar-refractivity contribution in [1.29, 1.82) is 0 Å². The number of aliphatic imine (C=N–C) groups is 1. The third-order valence-corrected chi connectivity index (χ3v) is 4.55. The van der Waals surface area contributed by atoms with Crippen LogP contribution >= 0.6 is 0 Å². The molecule has 3 N–H and O–H groups in total. The van der Waals surface area contributed by atoms with Crippen molar-refractivity contribution in [2.75, 3.05) is 39.5 Å². The minimum absolute atomic E-state index is 0.0160. The summed E-state index contributed by atoms with van der Waals surface area (Å²) in [5.74, 6) is 0.395. The van der Waals surface area contributed by atoms with E-state index in [0.29, 0.717) is 18.1 Å². The molecular formula is C23H31N5O2. The van der Waals surface area contributed by atoms with E-state index in [2.05, 4.69) is 27.9 Å². The Hall–Kier alpha value is -3.35. The molecule has 0 saturated carbocycles. The topological polar surface area (TPSA) is 85.8 Å². The molecule has 2 amide bonds. The van der Waals surface area contributed by atoms with E-state index < -0.39 is 0 Å². The number of carbonyl (C=O) groups is 2. The van der Waals surface area contributed by atoms with E-state index in [4.69, 9.17) is 0 Å². The summed E-state index contributed by atoms with van der Waals surface area (Å²) < 4.78 is 0. The van der Waals surface area contributed by atoms with Gasteiger partial charge in [0.25, 0.3) is 5.91 Å². The molecule has 0 aliphatic rings. The summed E-state index contributed by atoms with van der Waals surface area (Å²) in [4.78, 5) is 30.0. The summed E-state index contributed by atoms with van der Waals surface area (Å²) >= 11 is 0. The van der Waals surface area contributed by atoms with Crippen molar-refractivity contribution in [2.45, 2.75) is 19.8 Å². The van der Waals surface area contributed by atoms with Crippen LogP contribution < -0.4 is 16.0 Å². The van der Waals surface area contributed by atoms with Crippen molar-refractivity contribution in [2.24, 2.45) is 4.99 Å². The van der Waals surface area contributed by atoms with Gasteiger partial charge in [0.15, 0.2) is 5.96 Å². The Balaban J connectivity index is 1.79. The zero-order valence-electron chi connectivity index (χ0n) is 18.2. The van der Waals surface area contributed by atoms with Crippen LogP contribution in [0.2, 0.25) is 0 Å². The van der Waals surface area contributed by atoms with E-state index >= 15 is 0 Å². The SMILES string of the molecule is CCc1cccc(NC(=O)CNC(=NC)NCCc2cccc(C(=O)N(C)C)c2)c1. The molecule has 0 heterocycles. The number of carbonyl (C=O) groups excluding carboxylic acids is 2. The molecule has 2 aromatic carbocycles. The van der Waals surface area contributed by atoms with Crippen LogP contribution in [0.25, 0.3) is 0 Å². The molecule has 7 nitrogen and oxygen atoms in total. The second kappa shape index (κ2) is 11.6. The second-order valence-electron chi connectivity index (χ2n) is 7.10. The lowest BCUT2D eigenvalue weighted by atomic mass is 10.1. The molecule has 0 radical (unpaired) electrons. The number of nitrogens with zero attached hydrogens (tertiary/aromatic N) is 2. The molecule has 30 heavy (non-hydrogen) atoms. The van der Waals surface area contributed by atoms with E-state index in [1.165, 1.54) is 5.56 Å². The van der Waals surface area contributed by atoms with E-state index in [9.17, 15) is 9.59 Å². The van der Waals surface area contributed by atoms with E-state index in [1.807, 2.05) is 48.5 Å². The molecule has 2 aromatic rings. The summed E-state index contributed by atoms with van der Waals surface area (Å²) in [6, 6.07) is 15.4. The van der Waals surface area contributed by atoms with Crippen molar-refractivity contribution in [3.05, 3.63) is 65.2 Å². The van der Waals surface area contributed by atoms with Gasteiger partial charge in [-0.15, -0.1) is 0 Å². The maximum Gasteiger partial charge on any atom is 0.253 e. The monoisotopic (exact) mass is 409 g/mol. The molecule has 0 aromatic heterocycles. The fourth-order valence-corrected chi connectivity index (χ4v) is 2.90. The van der Waals surface area contributed by atoms with Gasteiger partial charge >= 0.3 is 0 Å². The van der Waals surface area contributed by atoms with Gasteiger partial charge in [0.05, 0.1) is 6.54 Å². The largest absolute Gasteiger partial charge is 0.356 e. The number of hydrogen-bond donors (Lipinski definition) is 3. The third-order valence-electron chi connectivity index (χ3n) is 4.55. The van der Waals surface area contributed by atoms with Gasteiger partial charge in [-0.2, -0.15) is 0 Å². The molecule has 0 saturated heterocycles. The number of benzene rings is 2. The van der Waals surface area contributed by atoms with Crippen molar-refractivity contribution >= 4 is 23.5 Å². The molecule has 0 spiro atoms. The van der Waals surface area contributed by atoms with E-state index in [1.54, 1.807) is 26.0 Å². The third kappa shape index (κ3) is 7.24. The van der Waals surface area contributed by atoms with Crippen molar-refractivity contribution in [3.63, 3.8) is 0 Å². The van der Waals surface area contributed by atoms with Crippen molar-refractivity contribution in [1.82, 2.24) is 15.5 Å². The molecular weight excluding hydrogens is 378 g/mol. The Morgan fingerprint density at radius 3 is 2.43 bits per heavy atom. The first kappa shape index (κ1) is 22.9. The van der Waals surface area contributed by atoms with Gasteiger partial charge in [0.2, 0.25) is 5.91 Å². The number of amides is 2. The highest BCUT2D eigenvalue weighted by Crippen LogP contribution is 2.11. The van der Waals surface area contributed by atoms with Gasteiger partial charge in [0, 0.05) is 38.9 Å². The Labute approximate surface area is 178 Å². The number of anilines is 1. The first-order valence-electron chi connectivity index (χ1n) is 10.1. The van der Waals surface area contributed by atoms with E-state index in [-0.39, 0.29) is 18.4 Å². The van der Waals surface area contributed by atoms with E-state index in [0.717, 1.165) is 24.1 Å². The zero-order chi connectivity index (χ0) is 21.9. The summed E-state index contributed by atoms with van der Waals surface area (Å²) in [7, 11) is 5.14. The van der Waals surface area contributed by atoms with Gasteiger partial charge < -0.3 is 20.9 Å². The maximum atomic E-state index is 12.2. The molecule has 0 unspecified atom stereocenters. The van der Waals surface area contributed by atoms with Crippen molar-refractivity contribution < 1.29 is 9.59 Å². The molecule has 0 aliphatic carbocycles. The standard InChI is InChI=1S/C23H31N5O2/c1-5-17-8-7-11-20(15-17)27-21(29)16-26-23(24-2)25-13-12-18-9-6-10-19(14-18)22(30)28(3)4/h6-11,14-15H,5,12-13,16H2,1-4H3,(H,27,29)(H2,24,25,26). The molecule has 0 aliphatic heterocycles. The van der Waals surface area contributed by atoms with Gasteiger partial charge in [-0.25, -0.2) is 0 Å². The predicted octanol–water partition coefficient (Wildman–Crippen LogP) is 2.30. The first-order chi connectivity index (χ1) is 14.4. The number of nitrogens with one attached hydrogen (secondary N) is 3. The molecule has 160 valence electrons. The number of rotatable bonds is 8. The Kier molecular flexibility index (Phi) is 8.87. The lowest BCUT2D eigenvalue weighted by Crippen LogP contribution is -2.42. The van der Waals surface area contributed by atoms with Crippen LogP contribution in [0.5, 0.6) is 0 Å². The van der Waals surface area contributed by atoms with Crippen LogP contribution in [0.4, 0.5) is 5.69 Å². The molecule has 2 rings (SSSR count). The minimum atomic E-state index is -0.138. The molecule has 7 heteroatoms. The Morgan fingerprint density at radius 2 is 1.73 bits per heavy atom. The number of hydrogen-bond acceptors (Lipinski definition) is 3. The van der Waals surface area contributed by atoms with Crippen LogP contribution in [-0.4, -0.2) is 56.9 Å². The summed E-state index contributed by atoms with van der Waals surface area (Å²) in [6.45, 7) is 2.82.